The van der Waals surface area contributed by atoms with Gasteiger partial charge in [-0.3, -0.25) is 9.78 Å². The summed E-state index contributed by atoms with van der Waals surface area (Å²) in [6.07, 6.45) is 7.97. The number of rotatable bonds is 11. The van der Waals surface area contributed by atoms with Crippen LogP contribution < -0.4 is 11.1 Å². The fourth-order valence-electron chi connectivity index (χ4n) is 2.88. The number of aromatic nitrogens is 1. The molecule has 0 saturated carbocycles. The van der Waals surface area contributed by atoms with E-state index in [1.54, 1.807) is 35.4 Å². The van der Waals surface area contributed by atoms with Gasteiger partial charge in [0.15, 0.2) is 0 Å². The molecule has 0 spiro atoms. The maximum Gasteiger partial charge on any atom is 0.255 e. The topological polar surface area (TPSA) is 114 Å². The van der Waals surface area contributed by atoms with Crippen LogP contribution in [0, 0.1) is 11.3 Å². The average molecular weight is 490 g/mol. The number of dihydropyridines is 1. The normalized spacial score (nSPS) is 15.9. The number of nitrogens with two attached hydrogens (primary N) is 1. The maximum absolute atomic E-state index is 13.2. The van der Waals surface area contributed by atoms with E-state index in [1.165, 1.54) is 6.20 Å². The second kappa shape index (κ2) is 12.8. The number of nitrogens with one attached hydrogen (secondary N) is 1. The lowest BCUT2D eigenvalue weighted by atomic mass is 10.1. The zero-order valence-electron chi connectivity index (χ0n) is 17.8. The molecule has 1 amide bonds. The second-order valence-electron chi connectivity index (χ2n) is 6.65. The average Bonchev–Trinajstić information content (AvgIpc) is 2.81. The minimum Gasteiger partial charge on any atom is -0.476 e. The predicted molar refractivity (Wildman–Crippen MR) is 122 cm³/mol. The number of carbonyl (C=O) groups is 1. The summed E-state index contributed by atoms with van der Waals surface area (Å²) in [5, 5.41) is 12.5. The van der Waals surface area contributed by atoms with E-state index in [4.69, 9.17) is 15.2 Å². The van der Waals surface area contributed by atoms with Gasteiger partial charge in [-0.05, 0) is 53.6 Å². The van der Waals surface area contributed by atoms with E-state index in [1.807, 2.05) is 6.92 Å². The molecule has 0 aliphatic carbocycles. The van der Waals surface area contributed by atoms with Crippen LogP contribution in [0.2, 0.25) is 0 Å². The van der Waals surface area contributed by atoms with Crippen molar-refractivity contribution < 1.29 is 14.3 Å². The highest BCUT2D eigenvalue weighted by Gasteiger charge is 2.26. The molecule has 1 unspecified atom stereocenters. The highest BCUT2D eigenvalue weighted by molar-refractivity contribution is 9.15. The molecule has 31 heavy (non-hydrogen) atoms. The number of pyridine rings is 1. The smallest absolute Gasteiger partial charge is 0.255 e. The predicted octanol–water partition coefficient (Wildman–Crippen LogP) is 3.25. The third-order valence-electron chi connectivity index (χ3n) is 4.54. The molecular weight excluding hydrogens is 462 g/mol. The number of allylic oxidation sites excluding steroid dienone is 2. The summed E-state index contributed by atoms with van der Waals surface area (Å²) in [4.78, 5) is 19.0. The molecule has 1 atom stereocenters. The van der Waals surface area contributed by atoms with Crippen LogP contribution in [0.25, 0.3) is 4.48 Å². The van der Waals surface area contributed by atoms with Gasteiger partial charge in [-0.15, -0.1) is 0 Å². The molecule has 166 valence electrons. The first-order valence-electron chi connectivity index (χ1n) is 10.2. The number of nitriles is 1. The Morgan fingerprint density at radius 3 is 2.90 bits per heavy atom. The number of likely N-dealkylation sites (N-methyl/N-ethyl adjacent to an activating group) is 1. The number of amides is 1. The molecule has 9 heteroatoms. The standard InChI is InChI=1S/C22H28BrN5O3/c1-3-5-10-30-11-12-31-21-17(14-24)6-7-20(27-21)28(4-2)22(29)16-8-9-26-19(13-16)18(23)15-25/h6-9,13,15,20,27H,3-5,10-12,25H2,1-2H3. The second-order valence-corrected chi connectivity index (χ2v) is 7.51. The molecule has 0 radical (unpaired) electrons. The van der Waals surface area contributed by atoms with Crippen LogP contribution in [0.4, 0.5) is 0 Å². The van der Waals surface area contributed by atoms with Crippen molar-refractivity contribution in [3.8, 4) is 6.07 Å². The van der Waals surface area contributed by atoms with Gasteiger partial charge in [0.05, 0.1) is 16.8 Å². The van der Waals surface area contributed by atoms with Crippen molar-refractivity contribution in [2.75, 3.05) is 26.4 Å². The minimum absolute atomic E-state index is 0.187. The van der Waals surface area contributed by atoms with E-state index in [2.05, 4.69) is 39.2 Å². The summed E-state index contributed by atoms with van der Waals surface area (Å²) in [7, 11) is 0. The van der Waals surface area contributed by atoms with Crippen molar-refractivity contribution in [2.24, 2.45) is 5.73 Å². The third kappa shape index (κ3) is 6.84. The Labute approximate surface area is 191 Å². The van der Waals surface area contributed by atoms with E-state index in [0.717, 1.165) is 12.8 Å². The number of unbranched alkanes of at least 4 members (excludes halogenated alkanes) is 1. The van der Waals surface area contributed by atoms with Gasteiger partial charge in [-0.25, -0.2) is 0 Å². The van der Waals surface area contributed by atoms with Crippen LogP contribution in [0.3, 0.4) is 0 Å². The van der Waals surface area contributed by atoms with Gasteiger partial charge in [0.1, 0.15) is 24.4 Å². The first-order chi connectivity index (χ1) is 15.0. The van der Waals surface area contributed by atoms with Gasteiger partial charge in [0, 0.05) is 31.1 Å². The Morgan fingerprint density at radius 2 is 2.23 bits per heavy atom. The molecule has 0 saturated heterocycles. The molecular formula is C22H28BrN5O3. The molecule has 1 aromatic heterocycles. The summed E-state index contributed by atoms with van der Waals surface area (Å²) in [6.45, 7) is 5.85. The van der Waals surface area contributed by atoms with Crippen LogP contribution in [0.1, 0.15) is 42.7 Å². The molecule has 1 aliphatic rings. The zero-order chi connectivity index (χ0) is 22.6. The lowest BCUT2D eigenvalue weighted by molar-refractivity contribution is 0.0557. The monoisotopic (exact) mass is 489 g/mol. The zero-order valence-corrected chi connectivity index (χ0v) is 19.4. The molecule has 0 bridgehead atoms. The fourth-order valence-corrected chi connectivity index (χ4v) is 3.09. The minimum atomic E-state index is -0.462. The first kappa shape index (κ1) is 24.4. The van der Waals surface area contributed by atoms with Crippen molar-refractivity contribution in [1.29, 1.82) is 5.26 Å². The summed E-state index contributed by atoms with van der Waals surface area (Å²) in [5.74, 6) is 0.151. The number of hydrogen-bond acceptors (Lipinski definition) is 7. The largest absolute Gasteiger partial charge is 0.476 e. The summed E-state index contributed by atoms with van der Waals surface area (Å²) in [6, 6.07) is 5.43. The Bertz CT molecular complexity index is 891. The molecule has 2 heterocycles. The van der Waals surface area contributed by atoms with Crippen LogP contribution in [-0.2, 0) is 9.47 Å². The number of halogens is 1. The first-order valence-corrected chi connectivity index (χ1v) is 11.0. The van der Waals surface area contributed by atoms with E-state index in [0.29, 0.717) is 53.6 Å². The summed E-state index contributed by atoms with van der Waals surface area (Å²) in [5.41, 5.74) is 6.94. The Kier molecular flexibility index (Phi) is 10.1. The number of hydrogen-bond donors (Lipinski definition) is 2. The van der Waals surface area contributed by atoms with Crippen LogP contribution in [0.5, 0.6) is 0 Å². The fraction of sp³-hybridized carbons (Fsp3) is 0.409. The highest BCUT2D eigenvalue weighted by atomic mass is 79.9. The maximum atomic E-state index is 13.2. The number of ether oxygens (including phenoxy) is 2. The van der Waals surface area contributed by atoms with Gasteiger partial charge in [-0.1, -0.05) is 13.3 Å². The number of carbonyl (C=O) groups excluding carboxylic acids is 1. The van der Waals surface area contributed by atoms with E-state index in [-0.39, 0.29) is 5.91 Å². The summed E-state index contributed by atoms with van der Waals surface area (Å²) < 4.78 is 11.8. The van der Waals surface area contributed by atoms with Gasteiger partial charge < -0.3 is 25.4 Å². The van der Waals surface area contributed by atoms with E-state index in [9.17, 15) is 10.1 Å². The lowest BCUT2D eigenvalue weighted by Crippen LogP contribution is -2.49. The third-order valence-corrected chi connectivity index (χ3v) is 5.21. The highest BCUT2D eigenvalue weighted by Crippen LogP contribution is 2.21. The van der Waals surface area contributed by atoms with E-state index >= 15 is 0 Å². The van der Waals surface area contributed by atoms with Gasteiger partial charge in [-0.2, -0.15) is 5.26 Å². The molecule has 0 fully saturated rings. The van der Waals surface area contributed by atoms with Gasteiger partial charge >= 0.3 is 0 Å². The van der Waals surface area contributed by atoms with Crippen LogP contribution >= 0.6 is 15.9 Å². The molecule has 0 aromatic carbocycles. The van der Waals surface area contributed by atoms with Gasteiger partial charge in [0.2, 0.25) is 5.88 Å². The Morgan fingerprint density at radius 1 is 1.42 bits per heavy atom. The van der Waals surface area contributed by atoms with Crippen molar-refractivity contribution in [1.82, 2.24) is 15.2 Å². The summed E-state index contributed by atoms with van der Waals surface area (Å²) >= 11 is 3.33. The van der Waals surface area contributed by atoms with Crippen molar-refractivity contribution >= 4 is 26.3 Å². The Hall–Kier alpha value is -2.83. The SMILES string of the molecule is CCCCOCCOC1=C(C#N)C=CC(N(CC)C(=O)c2ccnc(C(Br)=CN)c2)N1. The molecule has 8 nitrogen and oxygen atoms in total. The van der Waals surface area contributed by atoms with Crippen molar-refractivity contribution in [3.63, 3.8) is 0 Å². The number of nitrogens with zero attached hydrogens (tertiary/aromatic N) is 3. The van der Waals surface area contributed by atoms with Crippen molar-refractivity contribution in [3.05, 3.63) is 59.4 Å². The van der Waals surface area contributed by atoms with E-state index < -0.39 is 6.17 Å². The lowest BCUT2D eigenvalue weighted by Gasteiger charge is -2.32. The van der Waals surface area contributed by atoms with Crippen LogP contribution in [-0.4, -0.2) is 48.3 Å². The van der Waals surface area contributed by atoms with Gasteiger partial charge in [0.25, 0.3) is 5.91 Å². The molecule has 3 N–H and O–H groups in total. The molecule has 1 aromatic rings. The molecule has 2 rings (SSSR count). The van der Waals surface area contributed by atoms with Crippen molar-refractivity contribution in [2.45, 2.75) is 32.9 Å². The van der Waals surface area contributed by atoms with Crippen LogP contribution in [0.15, 0.2) is 48.1 Å². The Balaban J connectivity index is 2.09. The molecule has 1 aliphatic heterocycles. The quantitative estimate of drug-likeness (QED) is 0.458.